The highest BCUT2D eigenvalue weighted by Gasteiger charge is 2.25. The van der Waals surface area contributed by atoms with E-state index in [1.807, 2.05) is 41.3 Å². The second-order valence-electron chi connectivity index (χ2n) is 6.51. The van der Waals surface area contributed by atoms with E-state index in [0.717, 1.165) is 29.6 Å². The van der Waals surface area contributed by atoms with Gasteiger partial charge in [0.05, 0.1) is 23.4 Å². The summed E-state index contributed by atoms with van der Waals surface area (Å²) in [5.74, 6) is -0.0129. The monoisotopic (exact) mass is 348 g/mol. The highest BCUT2D eigenvalue weighted by Crippen LogP contribution is 2.20. The Labute approximate surface area is 151 Å². The van der Waals surface area contributed by atoms with Gasteiger partial charge in [-0.1, -0.05) is 30.3 Å². The topological polar surface area (TPSA) is 78.1 Å². The number of carbonyl (C=O) groups excluding carboxylic acids is 2. The van der Waals surface area contributed by atoms with Crippen molar-refractivity contribution in [2.45, 2.75) is 18.9 Å². The molecule has 0 unspecified atom stereocenters. The number of hydrogen-bond acceptors (Lipinski definition) is 3. The van der Waals surface area contributed by atoms with E-state index in [9.17, 15) is 9.59 Å². The fourth-order valence-corrected chi connectivity index (χ4v) is 3.36. The minimum absolute atomic E-state index is 0.152. The molecule has 0 bridgehead atoms. The Morgan fingerprint density at radius 3 is 2.85 bits per heavy atom. The first kappa shape index (κ1) is 16.3. The SMILES string of the molecule is O=C(N[C@@H](CN1CCCC1=O)c1ccccc1)c1ccc2nc[nH]c2c1. The summed E-state index contributed by atoms with van der Waals surface area (Å²) in [7, 11) is 0. The maximum Gasteiger partial charge on any atom is 0.251 e. The molecule has 6 nitrogen and oxygen atoms in total. The van der Waals surface area contributed by atoms with Crippen LogP contribution in [0.1, 0.15) is 34.8 Å². The van der Waals surface area contributed by atoms with Crippen LogP contribution >= 0.6 is 0 Å². The molecule has 0 radical (unpaired) electrons. The fraction of sp³-hybridized carbons (Fsp3) is 0.250. The van der Waals surface area contributed by atoms with Crippen molar-refractivity contribution in [3.05, 3.63) is 66.0 Å². The average molecular weight is 348 g/mol. The zero-order chi connectivity index (χ0) is 17.9. The van der Waals surface area contributed by atoms with Crippen LogP contribution in [-0.2, 0) is 4.79 Å². The number of nitrogens with zero attached hydrogens (tertiary/aromatic N) is 2. The number of nitrogens with one attached hydrogen (secondary N) is 2. The summed E-state index contributed by atoms with van der Waals surface area (Å²) in [6.45, 7) is 1.24. The molecule has 132 valence electrons. The number of aromatic nitrogens is 2. The second kappa shape index (κ2) is 7.00. The van der Waals surface area contributed by atoms with E-state index in [1.54, 1.807) is 18.5 Å². The fourth-order valence-electron chi connectivity index (χ4n) is 3.36. The van der Waals surface area contributed by atoms with Crippen molar-refractivity contribution < 1.29 is 9.59 Å². The number of amides is 2. The molecule has 2 heterocycles. The highest BCUT2D eigenvalue weighted by molar-refractivity contribution is 5.97. The van der Waals surface area contributed by atoms with Gasteiger partial charge in [0, 0.05) is 25.1 Å². The Bertz CT molecular complexity index is 935. The molecule has 2 N–H and O–H groups in total. The van der Waals surface area contributed by atoms with Gasteiger partial charge < -0.3 is 15.2 Å². The van der Waals surface area contributed by atoms with E-state index in [0.29, 0.717) is 18.5 Å². The molecule has 6 heteroatoms. The lowest BCUT2D eigenvalue weighted by atomic mass is 10.1. The van der Waals surface area contributed by atoms with Gasteiger partial charge in [-0.05, 0) is 30.2 Å². The Hall–Kier alpha value is -3.15. The van der Waals surface area contributed by atoms with Gasteiger partial charge in [0.2, 0.25) is 5.91 Å². The normalized spacial score (nSPS) is 15.4. The van der Waals surface area contributed by atoms with Crippen molar-refractivity contribution in [2.24, 2.45) is 0 Å². The number of rotatable bonds is 5. The second-order valence-corrected chi connectivity index (χ2v) is 6.51. The minimum atomic E-state index is -0.247. The van der Waals surface area contributed by atoms with E-state index in [4.69, 9.17) is 0 Å². The van der Waals surface area contributed by atoms with E-state index >= 15 is 0 Å². The molecule has 26 heavy (non-hydrogen) atoms. The number of carbonyl (C=O) groups is 2. The third-order valence-corrected chi connectivity index (χ3v) is 4.76. The van der Waals surface area contributed by atoms with Crippen LogP contribution < -0.4 is 5.32 Å². The zero-order valence-corrected chi connectivity index (χ0v) is 14.3. The van der Waals surface area contributed by atoms with Crippen molar-refractivity contribution in [1.82, 2.24) is 20.2 Å². The predicted molar refractivity (Wildman–Crippen MR) is 98.6 cm³/mol. The van der Waals surface area contributed by atoms with Crippen LogP contribution in [0.5, 0.6) is 0 Å². The molecule has 1 aliphatic heterocycles. The van der Waals surface area contributed by atoms with Crippen LogP contribution in [0.25, 0.3) is 11.0 Å². The number of likely N-dealkylation sites (tertiary alicyclic amines) is 1. The molecule has 0 aliphatic carbocycles. The predicted octanol–water partition coefficient (Wildman–Crippen LogP) is 2.66. The van der Waals surface area contributed by atoms with Crippen LogP contribution in [0.4, 0.5) is 0 Å². The molecular formula is C20H20N4O2. The smallest absolute Gasteiger partial charge is 0.251 e. The lowest BCUT2D eigenvalue weighted by Crippen LogP contribution is -2.38. The van der Waals surface area contributed by atoms with Crippen LogP contribution in [-0.4, -0.2) is 39.8 Å². The molecule has 2 aromatic carbocycles. The summed E-state index contributed by atoms with van der Waals surface area (Å²) in [6.07, 6.45) is 3.08. The Balaban J connectivity index is 1.56. The molecule has 2 amide bonds. The molecule has 1 aromatic heterocycles. The van der Waals surface area contributed by atoms with Gasteiger partial charge in [-0.2, -0.15) is 0 Å². The molecule has 0 spiro atoms. The molecule has 1 atom stereocenters. The van der Waals surface area contributed by atoms with Crippen molar-refractivity contribution in [3.8, 4) is 0 Å². The van der Waals surface area contributed by atoms with Gasteiger partial charge in [-0.15, -0.1) is 0 Å². The number of H-pyrrole nitrogens is 1. The molecule has 3 aromatic rings. The van der Waals surface area contributed by atoms with Crippen LogP contribution in [0.2, 0.25) is 0 Å². The van der Waals surface area contributed by atoms with E-state index < -0.39 is 0 Å². The van der Waals surface area contributed by atoms with Crippen molar-refractivity contribution in [2.75, 3.05) is 13.1 Å². The maximum atomic E-state index is 12.8. The van der Waals surface area contributed by atoms with E-state index in [-0.39, 0.29) is 17.9 Å². The lowest BCUT2D eigenvalue weighted by Gasteiger charge is -2.25. The molecule has 1 fully saturated rings. The third-order valence-electron chi connectivity index (χ3n) is 4.76. The Morgan fingerprint density at radius 2 is 2.08 bits per heavy atom. The first-order valence-electron chi connectivity index (χ1n) is 8.77. The van der Waals surface area contributed by atoms with Gasteiger partial charge in [0.15, 0.2) is 0 Å². The third kappa shape index (κ3) is 3.31. The summed E-state index contributed by atoms with van der Waals surface area (Å²) >= 11 is 0. The van der Waals surface area contributed by atoms with E-state index in [2.05, 4.69) is 15.3 Å². The van der Waals surface area contributed by atoms with Crippen molar-refractivity contribution in [1.29, 1.82) is 0 Å². The molecular weight excluding hydrogens is 328 g/mol. The van der Waals surface area contributed by atoms with Crippen LogP contribution in [0, 0.1) is 0 Å². The average Bonchev–Trinajstić information content (AvgIpc) is 3.30. The van der Waals surface area contributed by atoms with Gasteiger partial charge in [0.25, 0.3) is 5.91 Å². The maximum absolute atomic E-state index is 12.8. The van der Waals surface area contributed by atoms with Gasteiger partial charge in [-0.25, -0.2) is 4.98 Å². The molecule has 1 aliphatic rings. The van der Waals surface area contributed by atoms with Crippen LogP contribution in [0.3, 0.4) is 0 Å². The first-order valence-corrected chi connectivity index (χ1v) is 8.77. The van der Waals surface area contributed by atoms with Crippen molar-refractivity contribution in [3.63, 3.8) is 0 Å². The first-order chi connectivity index (χ1) is 12.7. The summed E-state index contributed by atoms with van der Waals surface area (Å²) < 4.78 is 0. The Kier molecular flexibility index (Phi) is 4.39. The molecule has 4 rings (SSSR count). The number of hydrogen-bond donors (Lipinski definition) is 2. The van der Waals surface area contributed by atoms with Gasteiger partial charge in [0.1, 0.15) is 0 Å². The van der Waals surface area contributed by atoms with Gasteiger partial charge in [-0.3, -0.25) is 9.59 Å². The minimum Gasteiger partial charge on any atom is -0.345 e. The molecule has 0 saturated carbocycles. The van der Waals surface area contributed by atoms with E-state index in [1.165, 1.54) is 0 Å². The summed E-state index contributed by atoms with van der Waals surface area (Å²) in [4.78, 5) is 33.8. The Morgan fingerprint density at radius 1 is 1.23 bits per heavy atom. The van der Waals surface area contributed by atoms with Gasteiger partial charge >= 0.3 is 0 Å². The number of aromatic amines is 1. The van der Waals surface area contributed by atoms with Crippen molar-refractivity contribution >= 4 is 22.8 Å². The number of imidazole rings is 1. The number of fused-ring (bicyclic) bond motifs is 1. The molecule has 1 saturated heterocycles. The lowest BCUT2D eigenvalue weighted by molar-refractivity contribution is -0.128. The largest absolute Gasteiger partial charge is 0.345 e. The van der Waals surface area contributed by atoms with Crippen LogP contribution in [0.15, 0.2) is 54.9 Å². The quantitative estimate of drug-likeness (QED) is 0.744. The summed E-state index contributed by atoms with van der Waals surface area (Å²) in [6, 6.07) is 14.9. The standard InChI is InChI=1S/C20H20N4O2/c25-19-7-4-10-24(19)12-18(14-5-2-1-3-6-14)23-20(26)15-8-9-16-17(11-15)22-13-21-16/h1-3,5-6,8-9,11,13,18H,4,7,10,12H2,(H,21,22)(H,23,26)/t18-/m0/s1. The number of benzene rings is 2. The summed E-state index contributed by atoms with van der Waals surface area (Å²) in [5.41, 5.74) is 3.20. The summed E-state index contributed by atoms with van der Waals surface area (Å²) in [5, 5.41) is 3.09. The highest BCUT2D eigenvalue weighted by atomic mass is 16.2. The zero-order valence-electron chi connectivity index (χ0n) is 14.3.